The van der Waals surface area contributed by atoms with Crippen LogP contribution in [0.3, 0.4) is 0 Å². The van der Waals surface area contributed by atoms with E-state index >= 15 is 0 Å². The third-order valence-corrected chi connectivity index (χ3v) is 5.45. The Hall–Kier alpha value is -4.01. The van der Waals surface area contributed by atoms with Crippen LogP contribution in [0.5, 0.6) is 0 Å². The summed E-state index contributed by atoms with van der Waals surface area (Å²) in [6, 6.07) is 12.4. The topological polar surface area (TPSA) is 73.0 Å². The Bertz CT molecular complexity index is 1400. The number of rotatable bonds is 4. The van der Waals surface area contributed by atoms with Crippen LogP contribution in [-0.2, 0) is 19.1 Å². The molecule has 5 rings (SSSR count). The average Bonchev–Trinajstić information content (AvgIpc) is 3.45. The summed E-state index contributed by atoms with van der Waals surface area (Å²) in [7, 11) is 0. The molecule has 0 saturated heterocycles. The highest BCUT2D eigenvalue weighted by atomic mass is 19.4. The molecule has 6 nitrogen and oxygen atoms in total. The molecule has 3 heterocycles. The molecule has 168 valence electrons. The highest BCUT2D eigenvalue weighted by molar-refractivity contribution is 6.01. The van der Waals surface area contributed by atoms with E-state index in [1.165, 1.54) is 12.1 Å². The van der Waals surface area contributed by atoms with Gasteiger partial charge in [0.25, 0.3) is 0 Å². The number of pyridine rings is 1. The fourth-order valence-corrected chi connectivity index (χ4v) is 3.89. The number of halogens is 3. The second-order valence-corrected chi connectivity index (χ2v) is 7.57. The molecule has 0 spiro atoms. The van der Waals surface area contributed by atoms with Gasteiger partial charge in [0, 0.05) is 53.4 Å². The fourth-order valence-electron chi connectivity index (χ4n) is 3.89. The quantitative estimate of drug-likeness (QED) is 0.366. The summed E-state index contributed by atoms with van der Waals surface area (Å²) >= 11 is 0. The molecule has 1 aliphatic heterocycles. The van der Waals surface area contributed by atoms with Gasteiger partial charge in [-0.3, -0.25) is 0 Å². The maximum atomic E-state index is 12.7. The average molecular weight is 453 g/mol. The molecule has 0 saturated carbocycles. The molecular weight excluding hydrogens is 431 g/mol. The van der Waals surface area contributed by atoms with Crippen molar-refractivity contribution in [1.82, 2.24) is 9.97 Å². The monoisotopic (exact) mass is 453 g/mol. The molecule has 3 N–H and O–H groups in total. The zero-order valence-corrected chi connectivity index (χ0v) is 17.2. The molecule has 0 fully saturated rings. The molecule has 4 aromatic rings. The minimum atomic E-state index is -4.45. The van der Waals surface area contributed by atoms with Crippen LogP contribution < -0.4 is 15.5 Å². The van der Waals surface area contributed by atoms with Gasteiger partial charge in [-0.05, 0) is 60.5 Å². The van der Waals surface area contributed by atoms with E-state index in [2.05, 4.69) is 20.6 Å². The summed E-state index contributed by atoms with van der Waals surface area (Å²) in [5, 5.41) is 5.95. The van der Waals surface area contributed by atoms with Crippen molar-refractivity contribution >= 4 is 34.1 Å². The molecule has 0 unspecified atom stereocenters. The maximum absolute atomic E-state index is 12.7. The Labute approximate surface area is 190 Å². The van der Waals surface area contributed by atoms with E-state index in [1.54, 1.807) is 41.6 Å². The van der Waals surface area contributed by atoms with Crippen molar-refractivity contribution in [2.24, 2.45) is 0 Å². The molecule has 2 amide bonds. The van der Waals surface area contributed by atoms with Crippen LogP contribution in [0.25, 0.3) is 11.0 Å². The van der Waals surface area contributed by atoms with E-state index in [1.807, 2.05) is 6.07 Å². The van der Waals surface area contributed by atoms with Gasteiger partial charge in [-0.2, -0.15) is 13.2 Å². The third-order valence-electron chi connectivity index (χ3n) is 5.45. The number of aromatic nitrogens is 2. The van der Waals surface area contributed by atoms with Crippen molar-refractivity contribution in [1.29, 1.82) is 0 Å². The lowest BCUT2D eigenvalue weighted by molar-refractivity contribution is -0.137. The van der Waals surface area contributed by atoms with E-state index in [4.69, 9.17) is 2.74 Å². The Balaban J connectivity index is 1.36. The van der Waals surface area contributed by atoms with Crippen LogP contribution in [0, 0.1) is 0 Å². The van der Waals surface area contributed by atoms with E-state index < -0.39 is 24.3 Å². The number of alkyl halides is 3. The van der Waals surface area contributed by atoms with Crippen LogP contribution in [0.1, 0.15) is 19.4 Å². The minimum Gasteiger partial charge on any atom is -0.367 e. The number of aromatic amines is 1. The molecule has 0 bridgehead atoms. The molecular formula is C24H20F3N5O. The van der Waals surface area contributed by atoms with Crippen molar-refractivity contribution in [2.45, 2.75) is 19.1 Å². The predicted octanol–water partition coefficient (Wildman–Crippen LogP) is 5.79. The summed E-state index contributed by atoms with van der Waals surface area (Å²) in [6.45, 7) is -1.44. The number of nitrogens with zero attached hydrogens (tertiary/aromatic N) is 2. The van der Waals surface area contributed by atoms with Crippen LogP contribution in [0.15, 0.2) is 67.0 Å². The normalized spacial score (nSPS) is 14.6. The van der Waals surface area contributed by atoms with Crippen molar-refractivity contribution in [3.8, 4) is 0 Å². The summed E-state index contributed by atoms with van der Waals surface area (Å²) in [5.74, 6) is 0. The molecule has 0 aliphatic carbocycles. The van der Waals surface area contributed by atoms with Crippen LogP contribution in [0.2, 0.25) is 0 Å². The Morgan fingerprint density at radius 1 is 1.12 bits per heavy atom. The second kappa shape index (κ2) is 8.16. The smallest absolute Gasteiger partial charge is 0.367 e. The first-order chi connectivity index (χ1) is 16.6. The maximum Gasteiger partial charge on any atom is 0.416 e. The number of nitrogens with one attached hydrogen (secondary N) is 3. The van der Waals surface area contributed by atoms with Crippen LogP contribution in [-0.4, -0.2) is 22.5 Å². The largest absolute Gasteiger partial charge is 0.416 e. The molecule has 0 radical (unpaired) electrons. The van der Waals surface area contributed by atoms with Crippen molar-refractivity contribution in [3.63, 3.8) is 0 Å². The van der Waals surface area contributed by atoms with Gasteiger partial charge in [-0.25, -0.2) is 9.78 Å². The van der Waals surface area contributed by atoms with Gasteiger partial charge in [-0.15, -0.1) is 0 Å². The Kier molecular flexibility index (Phi) is 4.59. The molecule has 2 aromatic heterocycles. The zero-order chi connectivity index (χ0) is 24.8. The minimum absolute atomic E-state index is 0.217. The second-order valence-electron chi connectivity index (χ2n) is 7.57. The summed E-state index contributed by atoms with van der Waals surface area (Å²) < 4.78 is 56.0. The number of anilines is 3. The Morgan fingerprint density at radius 3 is 2.73 bits per heavy atom. The number of H-pyrrole nitrogens is 1. The molecule has 33 heavy (non-hydrogen) atoms. The number of urea groups is 1. The fraction of sp³-hybridized carbons (Fsp3) is 0.167. The third kappa shape index (κ3) is 4.21. The number of hydrogen-bond acceptors (Lipinski definition) is 3. The summed E-state index contributed by atoms with van der Waals surface area (Å²) in [6.07, 6.45) is -0.691. The number of carbonyl (C=O) groups is 1. The molecule has 9 heteroatoms. The van der Waals surface area contributed by atoms with Gasteiger partial charge in [-0.1, -0.05) is 6.07 Å². The highest BCUT2D eigenvalue weighted by Crippen LogP contribution is 2.35. The van der Waals surface area contributed by atoms with Gasteiger partial charge in [0.2, 0.25) is 0 Å². The van der Waals surface area contributed by atoms with E-state index in [9.17, 15) is 18.0 Å². The molecule has 0 atom stereocenters. The van der Waals surface area contributed by atoms with Crippen LogP contribution in [0.4, 0.5) is 35.0 Å². The zero-order valence-electron chi connectivity index (χ0n) is 19.2. The first kappa shape index (κ1) is 18.6. The van der Waals surface area contributed by atoms with Gasteiger partial charge < -0.3 is 20.5 Å². The summed E-state index contributed by atoms with van der Waals surface area (Å²) in [5.41, 5.74) is 2.41. The van der Waals surface area contributed by atoms with Crippen molar-refractivity contribution in [2.75, 3.05) is 22.1 Å². The number of amides is 2. The highest BCUT2D eigenvalue weighted by Gasteiger charge is 2.30. The predicted molar refractivity (Wildman–Crippen MR) is 121 cm³/mol. The lowest BCUT2D eigenvalue weighted by Gasteiger charge is -2.19. The van der Waals surface area contributed by atoms with Crippen molar-refractivity contribution < 1.29 is 20.7 Å². The lowest BCUT2D eigenvalue weighted by atomic mass is 10.1. The van der Waals surface area contributed by atoms with Gasteiger partial charge in [0.1, 0.15) is 5.65 Å². The number of benzene rings is 2. The van der Waals surface area contributed by atoms with Crippen molar-refractivity contribution in [3.05, 3.63) is 83.7 Å². The SMILES string of the molecule is [2H]C([2H])(c1c[nH]c2ncccc12)N1CCc2c(NC(=O)Nc3ccc(C(F)(F)F)cc3)cccc21. The van der Waals surface area contributed by atoms with E-state index in [-0.39, 0.29) is 5.69 Å². The first-order valence-corrected chi connectivity index (χ1v) is 10.2. The van der Waals surface area contributed by atoms with Crippen LogP contribution >= 0.6 is 0 Å². The summed E-state index contributed by atoms with van der Waals surface area (Å²) in [4.78, 5) is 21.4. The number of hydrogen-bond donors (Lipinski definition) is 3. The first-order valence-electron chi connectivity index (χ1n) is 11.2. The van der Waals surface area contributed by atoms with E-state index in [0.717, 1.165) is 17.7 Å². The van der Waals surface area contributed by atoms with Gasteiger partial charge >= 0.3 is 12.2 Å². The lowest BCUT2D eigenvalue weighted by Crippen LogP contribution is -2.20. The molecule has 2 aromatic carbocycles. The van der Waals surface area contributed by atoms with Gasteiger partial charge in [0.05, 0.1) is 8.30 Å². The Morgan fingerprint density at radius 2 is 1.94 bits per heavy atom. The molecule has 1 aliphatic rings. The van der Waals surface area contributed by atoms with E-state index in [0.29, 0.717) is 40.9 Å². The number of fused-ring (bicyclic) bond motifs is 2. The number of carbonyl (C=O) groups excluding carboxylic acids is 1. The standard InChI is InChI=1S/C24H20F3N5O/c25-24(26,27)16-6-8-17(9-7-16)30-23(33)31-20-4-1-5-21-19(20)10-12-32(21)14-15-13-29-22-18(15)3-2-11-28-22/h1-9,11,13H,10,12,14H2,(H,28,29)(H2,30,31,33)/i14D2. The van der Waals surface area contributed by atoms with Gasteiger partial charge in [0.15, 0.2) is 0 Å².